The standard InChI is InChI=1S/C12H18N2O4/c1-17-12(16)10(4-2-3-6-13)14-11(15)9-5-7-18-8-9/h9-10H,2-5,7-8H2,1H3,(H,14,15)/t9-,10-/m1/s1. The lowest BCUT2D eigenvalue weighted by molar-refractivity contribution is -0.145. The number of ether oxygens (including phenoxy) is 2. The quantitative estimate of drug-likeness (QED) is 0.546. The van der Waals surface area contributed by atoms with Crippen molar-refractivity contribution in [3.63, 3.8) is 0 Å². The van der Waals surface area contributed by atoms with E-state index in [1.54, 1.807) is 0 Å². The van der Waals surface area contributed by atoms with Crippen LogP contribution in [0.2, 0.25) is 0 Å². The number of amides is 1. The Morgan fingerprint density at radius 2 is 2.39 bits per heavy atom. The first-order chi connectivity index (χ1) is 8.69. The van der Waals surface area contributed by atoms with Crippen molar-refractivity contribution in [2.45, 2.75) is 31.7 Å². The number of nitriles is 1. The summed E-state index contributed by atoms with van der Waals surface area (Å²) in [5.41, 5.74) is 0. The zero-order valence-electron chi connectivity index (χ0n) is 10.5. The lowest BCUT2D eigenvalue weighted by Gasteiger charge is -2.17. The third-order valence-corrected chi connectivity index (χ3v) is 2.88. The van der Waals surface area contributed by atoms with Gasteiger partial charge in [-0.25, -0.2) is 4.79 Å². The average molecular weight is 254 g/mol. The third kappa shape index (κ3) is 4.34. The molecular formula is C12H18N2O4. The van der Waals surface area contributed by atoms with E-state index >= 15 is 0 Å². The van der Waals surface area contributed by atoms with Crippen LogP contribution in [0.5, 0.6) is 0 Å². The minimum atomic E-state index is -0.670. The second-order valence-electron chi connectivity index (χ2n) is 4.20. The van der Waals surface area contributed by atoms with Crippen molar-refractivity contribution < 1.29 is 19.1 Å². The fourth-order valence-corrected chi connectivity index (χ4v) is 1.81. The van der Waals surface area contributed by atoms with Gasteiger partial charge in [-0.3, -0.25) is 4.79 Å². The van der Waals surface area contributed by atoms with E-state index < -0.39 is 12.0 Å². The molecule has 1 aliphatic rings. The molecule has 0 aromatic heterocycles. The van der Waals surface area contributed by atoms with Crippen LogP contribution >= 0.6 is 0 Å². The van der Waals surface area contributed by atoms with E-state index in [1.165, 1.54) is 7.11 Å². The second-order valence-corrected chi connectivity index (χ2v) is 4.20. The fraction of sp³-hybridized carbons (Fsp3) is 0.750. The van der Waals surface area contributed by atoms with Gasteiger partial charge in [0.05, 0.1) is 25.7 Å². The lowest BCUT2D eigenvalue weighted by atomic mass is 10.1. The summed E-state index contributed by atoms with van der Waals surface area (Å²) in [6.07, 6.45) is 2.01. The molecule has 1 amide bonds. The zero-order valence-corrected chi connectivity index (χ0v) is 10.5. The Labute approximate surface area is 106 Å². The molecule has 1 fully saturated rings. The van der Waals surface area contributed by atoms with E-state index in [4.69, 9.17) is 10.00 Å². The van der Waals surface area contributed by atoms with Crippen LogP contribution in [0.15, 0.2) is 0 Å². The first-order valence-electron chi connectivity index (χ1n) is 6.02. The number of hydrogen-bond acceptors (Lipinski definition) is 5. The summed E-state index contributed by atoms with van der Waals surface area (Å²) < 4.78 is 9.76. The highest BCUT2D eigenvalue weighted by Crippen LogP contribution is 2.13. The van der Waals surface area contributed by atoms with E-state index in [1.807, 2.05) is 6.07 Å². The number of nitrogens with zero attached hydrogens (tertiary/aromatic N) is 1. The van der Waals surface area contributed by atoms with Gasteiger partial charge in [0, 0.05) is 13.0 Å². The first kappa shape index (κ1) is 14.5. The zero-order chi connectivity index (χ0) is 13.4. The van der Waals surface area contributed by atoms with E-state index in [-0.39, 0.29) is 11.8 Å². The summed E-state index contributed by atoms with van der Waals surface area (Å²) in [7, 11) is 1.28. The molecule has 6 heteroatoms. The van der Waals surface area contributed by atoms with Crippen molar-refractivity contribution in [3.05, 3.63) is 0 Å². The molecule has 1 aliphatic heterocycles. The van der Waals surface area contributed by atoms with Crippen LogP contribution in [0.25, 0.3) is 0 Å². The summed E-state index contributed by atoms with van der Waals surface area (Å²) in [5, 5.41) is 11.1. The Morgan fingerprint density at radius 3 is 2.94 bits per heavy atom. The van der Waals surface area contributed by atoms with Gasteiger partial charge in [0.1, 0.15) is 6.04 Å². The van der Waals surface area contributed by atoms with Gasteiger partial charge in [-0.05, 0) is 19.3 Å². The van der Waals surface area contributed by atoms with Gasteiger partial charge in [-0.2, -0.15) is 5.26 Å². The van der Waals surface area contributed by atoms with Crippen molar-refractivity contribution in [2.75, 3.05) is 20.3 Å². The van der Waals surface area contributed by atoms with E-state index in [0.29, 0.717) is 38.9 Å². The maximum Gasteiger partial charge on any atom is 0.328 e. The van der Waals surface area contributed by atoms with Gasteiger partial charge in [0.15, 0.2) is 0 Å². The molecule has 1 N–H and O–H groups in total. The molecule has 6 nitrogen and oxygen atoms in total. The summed E-state index contributed by atoms with van der Waals surface area (Å²) in [5.74, 6) is -0.840. The Morgan fingerprint density at radius 1 is 1.61 bits per heavy atom. The molecular weight excluding hydrogens is 236 g/mol. The van der Waals surface area contributed by atoms with Crippen molar-refractivity contribution >= 4 is 11.9 Å². The van der Waals surface area contributed by atoms with Crippen molar-refractivity contribution in [1.29, 1.82) is 5.26 Å². The Kier molecular flexibility index (Phi) is 6.15. The van der Waals surface area contributed by atoms with Gasteiger partial charge in [0.2, 0.25) is 5.91 Å². The normalized spacial score (nSPS) is 19.9. The Bertz CT molecular complexity index is 331. The monoisotopic (exact) mass is 254 g/mol. The summed E-state index contributed by atoms with van der Waals surface area (Å²) in [6.45, 7) is 0.979. The number of methoxy groups -OCH3 is 1. The largest absolute Gasteiger partial charge is 0.467 e. The number of carbonyl (C=O) groups is 2. The maximum atomic E-state index is 11.8. The molecule has 0 unspecified atom stereocenters. The van der Waals surface area contributed by atoms with Crippen LogP contribution in [-0.2, 0) is 19.1 Å². The summed E-state index contributed by atoms with van der Waals surface area (Å²) in [4.78, 5) is 23.4. The molecule has 0 radical (unpaired) electrons. The molecule has 0 spiro atoms. The molecule has 0 aliphatic carbocycles. The summed E-state index contributed by atoms with van der Waals surface area (Å²) >= 11 is 0. The molecule has 1 heterocycles. The van der Waals surface area contributed by atoms with Gasteiger partial charge in [-0.15, -0.1) is 0 Å². The van der Waals surface area contributed by atoms with E-state index in [9.17, 15) is 9.59 Å². The van der Waals surface area contributed by atoms with Crippen LogP contribution in [0.3, 0.4) is 0 Å². The first-order valence-corrected chi connectivity index (χ1v) is 6.02. The van der Waals surface area contributed by atoms with Crippen molar-refractivity contribution in [2.24, 2.45) is 5.92 Å². The van der Waals surface area contributed by atoms with Gasteiger partial charge < -0.3 is 14.8 Å². The molecule has 2 atom stereocenters. The number of hydrogen-bond donors (Lipinski definition) is 1. The number of nitrogens with one attached hydrogen (secondary N) is 1. The van der Waals surface area contributed by atoms with Crippen molar-refractivity contribution in [1.82, 2.24) is 5.32 Å². The second kappa shape index (κ2) is 7.67. The number of rotatable bonds is 6. The molecule has 18 heavy (non-hydrogen) atoms. The predicted molar refractivity (Wildman–Crippen MR) is 62.3 cm³/mol. The highest BCUT2D eigenvalue weighted by Gasteiger charge is 2.28. The molecule has 0 aromatic rings. The smallest absolute Gasteiger partial charge is 0.328 e. The highest BCUT2D eigenvalue weighted by atomic mass is 16.5. The van der Waals surface area contributed by atoms with Crippen LogP contribution < -0.4 is 5.32 Å². The lowest BCUT2D eigenvalue weighted by Crippen LogP contribution is -2.44. The van der Waals surface area contributed by atoms with Gasteiger partial charge in [0.25, 0.3) is 0 Å². The van der Waals surface area contributed by atoms with Crippen LogP contribution in [0.4, 0.5) is 0 Å². The van der Waals surface area contributed by atoms with Gasteiger partial charge >= 0.3 is 5.97 Å². The molecule has 100 valence electrons. The Balaban J connectivity index is 2.46. The average Bonchev–Trinajstić information content (AvgIpc) is 2.90. The molecule has 1 rings (SSSR count). The summed E-state index contributed by atoms with van der Waals surface area (Å²) in [6, 6.07) is 1.33. The van der Waals surface area contributed by atoms with Crippen LogP contribution in [0, 0.1) is 17.2 Å². The molecule has 0 saturated carbocycles. The van der Waals surface area contributed by atoms with Crippen LogP contribution in [-0.4, -0.2) is 38.2 Å². The van der Waals surface area contributed by atoms with Crippen LogP contribution in [0.1, 0.15) is 25.7 Å². The minimum Gasteiger partial charge on any atom is -0.467 e. The predicted octanol–water partition coefficient (Wildman–Crippen LogP) is 0.375. The topological polar surface area (TPSA) is 88.4 Å². The minimum absolute atomic E-state index is 0.181. The highest BCUT2D eigenvalue weighted by molar-refractivity contribution is 5.85. The SMILES string of the molecule is COC(=O)[C@@H](CCCC#N)NC(=O)[C@@H]1CCOC1. The Hall–Kier alpha value is -1.61. The molecule has 0 aromatic carbocycles. The van der Waals surface area contributed by atoms with Gasteiger partial charge in [-0.1, -0.05) is 0 Å². The van der Waals surface area contributed by atoms with E-state index in [0.717, 1.165) is 0 Å². The maximum absolute atomic E-state index is 11.8. The number of unbranched alkanes of at least 4 members (excludes halogenated alkanes) is 1. The molecule has 1 saturated heterocycles. The number of carbonyl (C=O) groups excluding carboxylic acids is 2. The third-order valence-electron chi connectivity index (χ3n) is 2.88. The molecule has 0 bridgehead atoms. The number of esters is 1. The fourth-order valence-electron chi connectivity index (χ4n) is 1.81. The van der Waals surface area contributed by atoms with Crippen molar-refractivity contribution in [3.8, 4) is 6.07 Å². The van der Waals surface area contributed by atoms with E-state index in [2.05, 4.69) is 10.1 Å².